The molecule has 18 heavy (non-hydrogen) atoms. The van der Waals surface area contributed by atoms with E-state index in [-0.39, 0.29) is 18.9 Å². The standard InChI is InChI=1S/C10H14BrN3O4/c1-2-10(5-15,6-16)13-9-8(11)3-7(4-12-9)14(17)18/h3-4,15-16H,2,5-6H2,1H3,(H,12,13). The summed E-state index contributed by atoms with van der Waals surface area (Å²) in [6.07, 6.45) is 1.59. The van der Waals surface area contributed by atoms with Crippen molar-refractivity contribution in [3.05, 3.63) is 26.9 Å². The monoisotopic (exact) mass is 319 g/mol. The largest absolute Gasteiger partial charge is 0.394 e. The van der Waals surface area contributed by atoms with Crippen molar-refractivity contribution in [3.63, 3.8) is 0 Å². The molecule has 0 saturated heterocycles. The van der Waals surface area contributed by atoms with Crippen molar-refractivity contribution >= 4 is 27.4 Å². The van der Waals surface area contributed by atoms with Gasteiger partial charge in [0.05, 0.1) is 28.1 Å². The van der Waals surface area contributed by atoms with Crippen molar-refractivity contribution in [1.29, 1.82) is 0 Å². The molecule has 0 fully saturated rings. The molecular formula is C10H14BrN3O4. The van der Waals surface area contributed by atoms with Gasteiger partial charge >= 0.3 is 0 Å². The number of aliphatic hydroxyl groups excluding tert-OH is 2. The molecule has 0 aliphatic carbocycles. The minimum atomic E-state index is -0.897. The SMILES string of the molecule is CCC(CO)(CO)Nc1ncc([N+](=O)[O-])cc1Br. The Kier molecular flexibility index (Phi) is 5.00. The normalized spacial score (nSPS) is 11.3. The molecule has 0 atom stereocenters. The van der Waals surface area contributed by atoms with Gasteiger partial charge < -0.3 is 15.5 Å². The van der Waals surface area contributed by atoms with E-state index < -0.39 is 10.5 Å². The second-order valence-electron chi connectivity index (χ2n) is 3.86. The summed E-state index contributed by atoms with van der Waals surface area (Å²) in [5.74, 6) is 0.338. The lowest BCUT2D eigenvalue weighted by atomic mass is 9.98. The summed E-state index contributed by atoms with van der Waals surface area (Å²) in [7, 11) is 0. The average Bonchev–Trinajstić information content (AvgIpc) is 2.38. The fourth-order valence-electron chi connectivity index (χ4n) is 1.31. The van der Waals surface area contributed by atoms with Crippen LogP contribution in [0.1, 0.15) is 13.3 Å². The third-order valence-corrected chi connectivity index (χ3v) is 3.31. The Balaban J connectivity index is 3.01. The lowest BCUT2D eigenvalue weighted by Gasteiger charge is -2.30. The van der Waals surface area contributed by atoms with E-state index in [1.807, 2.05) is 0 Å². The highest BCUT2D eigenvalue weighted by atomic mass is 79.9. The van der Waals surface area contributed by atoms with E-state index in [1.165, 1.54) is 6.07 Å². The van der Waals surface area contributed by atoms with Crippen LogP contribution in [0.5, 0.6) is 0 Å². The molecule has 1 heterocycles. The highest BCUT2D eigenvalue weighted by Gasteiger charge is 2.27. The van der Waals surface area contributed by atoms with E-state index in [0.717, 1.165) is 6.20 Å². The number of aliphatic hydroxyl groups is 2. The molecule has 0 aromatic carbocycles. The molecule has 1 rings (SSSR count). The van der Waals surface area contributed by atoms with Crippen LogP contribution < -0.4 is 5.32 Å². The maximum atomic E-state index is 10.6. The summed E-state index contributed by atoms with van der Waals surface area (Å²) in [5.41, 5.74) is -1.03. The zero-order valence-corrected chi connectivity index (χ0v) is 11.3. The van der Waals surface area contributed by atoms with Crippen LogP contribution in [0.15, 0.2) is 16.7 Å². The Morgan fingerprint density at radius 3 is 2.56 bits per heavy atom. The van der Waals surface area contributed by atoms with Gasteiger partial charge in [-0.15, -0.1) is 0 Å². The van der Waals surface area contributed by atoms with E-state index >= 15 is 0 Å². The van der Waals surface area contributed by atoms with Gasteiger partial charge in [0.25, 0.3) is 5.69 Å². The van der Waals surface area contributed by atoms with Crippen LogP contribution in [-0.2, 0) is 0 Å². The number of hydrogen-bond acceptors (Lipinski definition) is 6. The zero-order valence-electron chi connectivity index (χ0n) is 9.76. The van der Waals surface area contributed by atoms with Crippen molar-refractivity contribution < 1.29 is 15.1 Å². The highest BCUT2D eigenvalue weighted by molar-refractivity contribution is 9.10. The van der Waals surface area contributed by atoms with Gasteiger partial charge in [0.1, 0.15) is 12.0 Å². The van der Waals surface area contributed by atoms with Crippen LogP contribution in [0.4, 0.5) is 11.5 Å². The van der Waals surface area contributed by atoms with Crippen molar-refractivity contribution in [3.8, 4) is 0 Å². The Labute approximate surface area is 112 Å². The topological polar surface area (TPSA) is 109 Å². The van der Waals surface area contributed by atoms with Crippen LogP contribution in [0, 0.1) is 10.1 Å². The molecule has 7 nitrogen and oxygen atoms in total. The molecule has 0 amide bonds. The first kappa shape index (κ1) is 14.8. The maximum Gasteiger partial charge on any atom is 0.288 e. The van der Waals surface area contributed by atoms with Crippen molar-refractivity contribution in [2.75, 3.05) is 18.5 Å². The summed E-state index contributed by atoms with van der Waals surface area (Å²) < 4.78 is 0.399. The van der Waals surface area contributed by atoms with Gasteiger partial charge in [0, 0.05) is 6.07 Å². The van der Waals surface area contributed by atoms with E-state index in [0.29, 0.717) is 16.7 Å². The second kappa shape index (κ2) is 6.07. The van der Waals surface area contributed by atoms with Gasteiger partial charge in [0.15, 0.2) is 0 Å². The van der Waals surface area contributed by atoms with Crippen LogP contribution in [0.2, 0.25) is 0 Å². The summed E-state index contributed by atoms with van der Waals surface area (Å²) in [5, 5.41) is 32.1. The number of pyridine rings is 1. The molecule has 0 unspecified atom stereocenters. The number of hydrogen-bond donors (Lipinski definition) is 3. The molecule has 8 heteroatoms. The number of anilines is 1. The molecule has 1 aromatic rings. The van der Waals surface area contributed by atoms with Gasteiger partial charge in [-0.1, -0.05) is 6.92 Å². The minimum Gasteiger partial charge on any atom is -0.394 e. The van der Waals surface area contributed by atoms with Gasteiger partial charge in [-0.25, -0.2) is 4.98 Å². The molecule has 0 radical (unpaired) electrons. The average molecular weight is 320 g/mol. The third-order valence-electron chi connectivity index (χ3n) is 2.70. The van der Waals surface area contributed by atoms with Crippen LogP contribution >= 0.6 is 15.9 Å². The van der Waals surface area contributed by atoms with E-state index in [9.17, 15) is 20.3 Å². The number of nitrogens with one attached hydrogen (secondary N) is 1. The second-order valence-corrected chi connectivity index (χ2v) is 4.71. The molecule has 0 aliphatic rings. The fourth-order valence-corrected chi connectivity index (χ4v) is 1.75. The lowest BCUT2D eigenvalue weighted by molar-refractivity contribution is -0.385. The van der Waals surface area contributed by atoms with Gasteiger partial charge in [-0.05, 0) is 22.4 Å². The summed E-state index contributed by atoms with van der Waals surface area (Å²) in [4.78, 5) is 13.9. The summed E-state index contributed by atoms with van der Waals surface area (Å²) in [6.45, 7) is 1.26. The first-order valence-electron chi connectivity index (χ1n) is 5.28. The third kappa shape index (κ3) is 3.15. The molecule has 100 valence electrons. The first-order valence-corrected chi connectivity index (χ1v) is 6.07. The maximum absolute atomic E-state index is 10.6. The van der Waals surface area contributed by atoms with Crippen molar-refractivity contribution in [2.24, 2.45) is 0 Å². The Bertz CT molecular complexity index is 429. The van der Waals surface area contributed by atoms with Gasteiger partial charge in [-0.2, -0.15) is 0 Å². The number of rotatable bonds is 6. The zero-order chi connectivity index (χ0) is 13.8. The minimum absolute atomic E-state index is 0.137. The lowest BCUT2D eigenvalue weighted by Crippen LogP contribution is -2.45. The van der Waals surface area contributed by atoms with Gasteiger partial charge in [0.2, 0.25) is 0 Å². The first-order chi connectivity index (χ1) is 8.48. The molecule has 3 N–H and O–H groups in total. The number of nitro groups is 1. The predicted octanol–water partition coefficient (Wildman–Crippen LogP) is 1.30. The van der Waals surface area contributed by atoms with Crippen molar-refractivity contribution in [1.82, 2.24) is 4.98 Å². The molecule has 0 spiro atoms. The predicted molar refractivity (Wildman–Crippen MR) is 69.4 cm³/mol. The molecule has 0 bridgehead atoms. The van der Waals surface area contributed by atoms with Crippen molar-refractivity contribution in [2.45, 2.75) is 18.9 Å². The molecular weight excluding hydrogens is 306 g/mol. The Morgan fingerprint density at radius 2 is 2.17 bits per heavy atom. The fraction of sp³-hybridized carbons (Fsp3) is 0.500. The Morgan fingerprint density at radius 1 is 1.56 bits per heavy atom. The van der Waals surface area contributed by atoms with E-state index in [2.05, 4.69) is 26.2 Å². The summed E-state index contributed by atoms with van der Waals surface area (Å²) in [6, 6.07) is 1.31. The van der Waals surface area contributed by atoms with E-state index in [1.54, 1.807) is 6.92 Å². The molecule has 0 aliphatic heterocycles. The highest BCUT2D eigenvalue weighted by Crippen LogP contribution is 2.27. The quantitative estimate of drug-likeness (QED) is 0.538. The smallest absolute Gasteiger partial charge is 0.288 e. The van der Waals surface area contributed by atoms with Crippen LogP contribution in [0.25, 0.3) is 0 Å². The molecule has 0 saturated carbocycles. The van der Waals surface area contributed by atoms with Gasteiger partial charge in [-0.3, -0.25) is 10.1 Å². The van der Waals surface area contributed by atoms with E-state index in [4.69, 9.17) is 0 Å². The summed E-state index contributed by atoms with van der Waals surface area (Å²) >= 11 is 3.16. The van der Waals surface area contributed by atoms with Crippen LogP contribution in [0.3, 0.4) is 0 Å². The number of aromatic nitrogens is 1. The Hall–Kier alpha value is -1.25. The number of halogens is 1. The number of nitrogens with zero attached hydrogens (tertiary/aromatic N) is 2. The molecule has 1 aromatic heterocycles. The van der Waals surface area contributed by atoms with Crippen LogP contribution in [-0.4, -0.2) is 38.9 Å².